The summed E-state index contributed by atoms with van der Waals surface area (Å²) in [5.41, 5.74) is 1.39. The molecule has 2 amide bonds. The molecule has 0 saturated carbocycles. The summed E-state index contributed by atoms with van der Waals surface area (Å²) in [5.74, 6) is -0.0138. The number of fused-ring (bicyclic) bond motifs is 1. The molecule has 0 aromatic heterocycles. The Morgan fingerprint density at radius 1 is 1.15 bits per heavy atom. The average molecular weight is 450 g/mol. The lowest BCUT2D eigenvalue weighted by atomic mass is 10.1. The first-order valence-corrected chi connectivity index (χ1v) is 9.30. The van der Waals surface area contributed by atoms with Crippen LogP contribution in [0.2, 0.25) is 5.02 Å². The molecule has 0 radical (unpaired) electrons. The molecule has 9 heteroatoms. The molecule has 2 aliphatic rings. The number of imide groups is 1. The molecular formula is C18H14BrClN4O3. The van der Waals surface area contributed by atoms with Crippen molar-refractivity contribution in [1.82, 2.24) is 5.01 Å². The van der Waals surface area contributed by atoms with Crippen LogP contribution in [0, 0.1) is 0 Å². The fourth-order valence-corrected chi connectivity index (χ4v) is 3.91. The van der Waals surface area contributed by atoms with Crippen LogP contribution >= 0.6 is 27.5 Å². The molecule has 7 nitrogen and oxygen atoms in total. The highest BCUT2D eigenvalue weighted by molar-refractivity contribution is 9.10. The minimum atomic E-state index is -0.824. The Hall–Kier alpha value is -2.45. The Labute approximate surface area is 168 Å². The maximum atomic E-state index is 12.9. The lowest BCUT2D eigenvalue weighted by molar-refractivity contribution is -0.123. The lowest BCUT2D eigenvalue weighted by Gasteiger charge is -2.21. The van der Waals surface area contributed by atoms with Crippen LogP contribution in [-0.2, 0) is 16.1 Å². The van der Waals surface area contributed by atoms with Gasteiger partial charge in [-0.05, 0) is 57.9 Å². The van der Waals surface area contributed by atoms with E-state index in [-0.39, 0.29) is 11.8 Å². The van der Waals surface area contributed by atoms with Crippen LogP contribution in [0.3, 0.4) is 0 Å². The van der Waals surface area contributed by atoms with Gasteiger partial charge >= 0.3 is 0 Å². The van der Waals surface area contributed by atoms with Gasteiger partial charge in [-0.1, -0.05) is 22.9 Å². The first-order valence-electron chi connectivity index (χ1n) is 8.13. The van der Waals surface area contributed by atoms with E-state index in [2.05, 4.69) is 26.3 Å². The molecule has 0 spiro atoms. The van der Waals surface area contributed by atoms with Crippen molar-refractivity contribution in [3.05, 3.63) is 57.5 Å². The van der Waals surface area contributed by atoms with E-state index >= 15 is 0 Å². The first-order chi connectivity index (χ1) is 13.0. The summed E-state index contributed by atoms with van der Waals surface area (Å²) < 4.78 is 6.02. The van der Waals surface area contributed by atoms with E-state index in [0.29, 0.717) is 23.0 Å². The van der Waals surface area contributed by atoms with E-state index in [0.717, 1.165) is 14.9 Å². The molecule has 1 fully saturated rings. The molecule has 4 rings (SSSR count). The summed E-state index contributed by atoms with van der Waals surface area (Å²) in [4.78, 5) is 26.8. The van der Waals surface area contributed by atoms with Gasteiger partial charge in [0.15, 0.2) is 12.1 Å². The van der Waals surface area contributed by atoms with Gasteiger partial charge < -0.3 is 4.74 Å². The van der Waals surface area contributed by atoms with Gasteiger partial charge in [0.2, 0.25) is 0 Å². The van der Waals surface area contributed by atoms with Crippen LogP contribution in [0.15, 0.2) is 57.3 Å². The maximum absolute atomic E-state index is 12.9. The number of methoxy groups -OCH3 is 1. The number of nitrogens with zero attached hydrogens (tertiary/aromatic N) is 4. The number of carbonyl (C=O) groups is 2. The summed E-state index contributed by atoms with van der Waals surface area (Å²) >= 11 is 9.33. The van der Waals surface area contributed by atoms with Gasteiger partial charge in [0.25, 0.3) is 11.8 Å². The number of ether oxygens (including phenoxy) is 1. The number of halogens is 2. The zero-order valence-electron chi connectivity index (χ0n) is 14.2. The zero-order chi connectivity index (χ0) is 19.1. The molecule has 2 aromatic rings. The van der Waals surface area contributed by atoms with Gasteiger partial charge in [0.1, 0.15) is 5.75 Å². The molecular weight excluding hydrogens is 436 g/mol. The topological polar surface area (TPSA) is 74.6 Å². The minimum absolute atomic E-state index is 0.343. The molecule has 138 valence electrons. The first kappa shape index (κ1) is 17.9. The normalized spacial score (nSPS) is 21.1. The van der Waals surface area contributed by atoms with Crippen LogP contribution in [0.5, 0.6) is 5.75 Å². The van der Waals surface area contributed by atoms with E-state index < -0.39 is 12.1 Å². The summed E-state index contributed by atoms with van der Waals surface area (Å²) in [6.07, 6.45) is 0. The van der Waals surface area contributed by atoms with Gasteiger partial charge in [-0.2, -0.15) is 5.11 Å². The summed E-state index contributed by atoms with van der Waals surface area (Å²) in [6, 6.07) is 10.6. The number of amides is 2. The molecule has 2 aromatic carbocycles. The molecule has 0 N–H and O–H groups in total. The van der Waals surface area contributed by atoms with E-state index in [1.807, 2.05) is 18.2 Å². The fourth-order valence-electron chi connectivity index (χ4n) is 3.19. The fraction of sp³-hybridized carbons (Fsp3) is 0.222. The standard InChI is InChI=1S/C18H14BrClN4O3/c1-27-14-7-2-10(8-13(14)19)9-23-16-15(21-22-23)17(25)24(18(16)26)12-5-3-11(20)4-6-12/h2-8,15-16H,9H2,1H3/t15-,16+/m1/s1. The van der Waals surface area contributed by atoms with E-state index in [9.17, 15) is 9.59 Å². The second-order valence-corrected chi connectivity index (χ2v) is 7.44. The summed E-state index contributed by atoms with van der Waals surface area (Å²) in [7, 11) is 1.59. The average Bonchev–Trinajstić information content (AvgIpc) is 3.17. The molecule has 2 heterocycles. The zero-order valence-corrected chi connectivity index (χ0v) is 16.5. The maximum Gasteiger partial charge on any atom is 0.263 e. The van der Waals surface area contributed by atoms with E-state index in [1.165, 1.54) is 0 Å². The van der Waals surface area contributed by atoms with Gasteiger partial charge in [-0.15, -0.1) is 0 Å². The predicted molar refractivity (Wildman–Crippen MR) is 103 cm³/mol. The van der Waals surface area contributed by atoms with E-state index in [1.54, 1.807) is 36.4 Å². The summed E-state index contributed by atoms with van der Waals surface area (Å²) in [5, 5.41) is 10.2. The Balaban J connectivity index is 1.58. The van der Waals surface area contributed by atoms with Crippen LogP contribution in [0.1, 0.15) is 5.56 Å². The third-order valence-corrected chi connectivity index (χ3v) is 5.38. The number of hydrogen-bond acceptors (Lipinski definition) is 6. The smallest absolute Gasteiger partial charge is 0.263 e. The highest BCUT2D eigenvalue weighted by Gasteiger charge is 2.54. The summed E-state index contributed by atoms with van der Waals surface area (Å²) in [6.45, 7) is 0.348. The Morgan fingerprint density at radius 3 is 2.56 bits per heavy atom. The predicted octanol–water partition coefficient (Wildman–Crippen LogP) is 3.60. The number of rotatable bonds is 4. The van der Waals surface area contributed by atoms with Crippen molar-refractivity contribution in [1.29, 1.82) is 0 Å². The Kier molecular flexibility index (Phi) is 4.61. The van der Waals surface area contributed by atoms with Gasteiger partial charge in [-0.3, -0.25) is 14.6 Å². The van der Waals surface area contributed by atoms with Crippen LogP contribution in [0.25, 0.3) is 0 Å². The second kappa shape index (κ2) is 6.94. The highest BCUT2D eigenvalue weighted by atomic mass is 79.9. The highest BCUT2D eigenvalue weighted by Crippen LogP contribution is 2.34. The second-order valence-electron chi connectivity index (χ2n) is 6.15. The molecule has 2 atom stereocenters. The lowest BCUT2D eigenvalue weighted by Crippen LogP contribution is -2.39. The van der Waals surface area contributed by atoms with Crippen LogP contribution in [-0.4, -0.2) is 36.0 Å². The number of hydrogen-bond donors (Lipinski definition) is 0. The number of benzene rings is 2. The van der Waals surface area contributed by atoms with Crippen molar-refractivity contribution in [2.75, 3.05) is 12.0 Å². The van der Waals surface area contributed by atoms with Crippen LogP contribution < -0.4 is 9.64 Å². The molecule has 0 bridgehead atoms. The molecule has 0 aliphatic carbocycles. The van der Waals surface area contributed by atoms with Gasteiger partial charge in [-0.25, -0.2) is 4.90 Å². The van der Waals surface area contributed by atoms with Crippen LogP contribution in [0.4, 0.5) is 5.69 Å². The SMILES string of the molecule is COc1ccc(CN2N=N[C@H]3C(=O)N(c4ccc(Cl)cc4)C(=O)[C@H]32)cc1Br. The van der Waals surface area contributed by atoms with Crippen molar-refractivity contribution < 1.29 is 14.3 Å². The van der Waals surface area contributed by atoms with Crippen molar-refractivity contribution in [3.8, 4) is 5.75 Å². The largest absolute Gasteiger partial charge is 0.496 e. The monoisotopic (exact) mass is 448 g/mol. The molecule has 0 unspecified atom stereocenters. The third kappa shape index (κ3) is 3.08. The molecule has 1 saturated heterocycles. The van der Waals surface area contributed by atoms with Crippen molar-refractivity contribution in [2.24, 2.45) is 10.3 Å². The quantitative estimate of drug-likeness (QED) is 0.669. The molecule has 27 heavy (non-hydrogen) atoms. The number of carbonyl (C=O) groups excluding carboxylic acids is 2. The third-order valence-electron chi connectivity index (χ3n) is 4.50. The molecule has 2 aliphatic heterocycles. The minimum Gasteiger partial charge on any atom is -0.496 e. The van der Waals surface area contributed by atoms with E-state index in [4.69, 9.17) is 16.3 Å². The van der Waals surface area contributed by atoms with Crippen molar-refractivity contribution >= 4 is 45.0 Å². The van der Waals surface area contributed by atoms with Crippen molar-refractivity contribution in [3.63, 3.8) is 0 Å². The van der Waals surface area contributed by atoms with Gasteiger partial charge in [0, 0.05) is 5.02 Å². The van der Waals surface area contributed by atoms with Crippen molar-refractivity contribution in [2.45, 2.75) is 18.6 Å². The van der Waals surface area contributed by atoms with Gasteiger partial charge in [0.05, 0.1) is 23.8 Å². The Bertz CT molecular complexity index is 950. The Morgan fingerprint density at radius 2 is 1.89 bits per heavy atom. The number of anilines is 1.